The molecular formula is C11H9BrN2O2. The number of aromatic nitrogens is 1. The van der Waals surface area contributed by atoms with Crippen LogP contribution in [0.25, 0.3) is 10.9 Å². The van der Waals surface area contributed by atoms with Crippen molar-refractivity contribution < 1.29 is 4.92 Å². The number of rotatable bonds is 3. The molecule has 0 radical (unpaired) electrons. The second kappa shape index (κ2) is 4.09. The third-order valence-electron chi connectivity index (χ3n) is 2.31. The highest BCUT2D eigenvalue weighted by Gasteiger charge is 2.08. The number of hydrogen-bond donors (Lipinski definition) is 0. The zero-order valence-corrected chi connectivity index (χ0v) is 9.98. The highest BCUT2D eigenvalue weighted by atomic mass is 79.9. The van der Waals surface area contributed by atoms with Crippen LogP contribution in [0.3, 0.4) is 0 Å². The molecule has 0 aliphatic rings. The number of hydrogen-bond acceptors (Lipinski definition) is 2. The predicted octanol–water partition coefficient (Wildman–Crippen LogP) is 3.46. The Morgan fingerprint density at radius 1 is 1.50 bits per heavy atom. The summed E-state index contributed by atoms with van der Waals surface area (Å²) in [5.74, 6) is 0. The molecule has 4 nitrogen and oxygen atoms in total. The number of benzene rings is 1. The molecule has 0 aliphatic carbocycles. The van der Waals surface area contributed by atoms with Crippen LogP contribution in [-0.4, -0.2) is 9.49 Å². The minimum absolute atomic E-state index is 0.114. The lowest BCUT2D eigenvalue weighted by atomic mass is 10.2. The summed E-state index contributed by atoms with van der Waals surface area (Å²) in [6, 6.07) is 6.69. The maximum Gasteiger partial charge on any atom is 0.270 e. The van der Waals surface area contributed by atoms with Crippen LogP contribution in [0.2, 0.25) is 0 Å². The molecule has 0 bridgehead atoms. The molecule has 82 valence electrons. The van der Waals surface area contributed by atoms with E-state index in [1.807, 2.05) is 16.8 Å². The van der Waals surface area contributed by atoms with E-state index < -0.39 is 0 Å². The number of non-ortho nitro benzene ring substituents is 1. The van der Waals surface area contributed by atoms with E-state index in [1.165, 1.54) is 6.07 Å². The molecule has 1 aromatic heterocycles. The molecule has 0 saturated heterocycles. The largest absolute Gasteiger partial charge is 0.343 e. The summed E-state index contributed by atoms with van der Waals surface area (Å²) in [6.45, 7) is 4.42. The summed E-state index contributed by atoms with van der Waals surface area (Å²) < 4.78 is 2.85. The van der Waals surface area contributed by atoms with Crippen LogP contribution in [-0.2, 0) is 6.54 Å². The standard InChI is InChI=1S/C11H9BrN2O2/c1-8(12)7-13-5-4-9-6-10(14(15)16)2-3-11(9)13/h2-6H,1,7H2. The zero-order chi connectivity index (χ0) is 11.7. The van der Waals surface area contributed by atoms with Gasteiger partial charge in [0, 0.05) is 33.7 Å². The predicted molar refractivity (Wildman–Crippen MR) is 66.7 cm³/mol. The SMILES string of the molecule is C=C(Br)Cn1ccc2cc([N+](=O)[O-])ccc21. The number of nitro groups is 1. The van der Waals surface area contributed by atoms with E-state index in [0.29, 0.717) is 6.54 Å². The summed E-state index contributed by atoms with van der Waals surface area (Å²) in [4.78, 5) is 10.2. The van der Waals surface area contributed by atoms with Gasteiger partial charge in [-0.1, -0.05) is 22.5 Å². The normalized spacial score (nSPS) is 10.6. The minimum Gasteiger partial charge on any atom is -0.343 e. The van der Waals surface area contributed by atoms with Gasteiger partial charge in [0.05, 0.1) is 11.5 Å². The molecule has 0 amide bonds. The first-order valence-corrected chi connectivity index (χ1v) is 5.44. The Morgan fingerprint density at radius 3 is 2.88 bits per heavy atom. The van der Waals surface area contributed by atoms with Crippen molar-refractivity contribution in [2.75, 3.05) is 0 Å². The van der Waals surface area contributed by atoms with Crippen LogP contribution < -0.4 is 0 Å². The number of fused-ring (bicyclic) bond motifs is 1. The third-order valence-corrected chi connectivity index (χ3v) is 2.56. The van der Waals surface area contributed by atoms with E-state index in [2.05, 4.69) is 22.5 Å². The Morgan fingerprint density at radius 2 is 2.25 bits per heavy atom. The van der Waals surface area contributed by atoms with Crippen molar-refractivity contribution in [1.82, 2.24) is 4.57 Å². The van der Waals surface area contributed by atoms with Gasteiger partial charge in [-0.05, 0) is 12.1 Å². The molecule has 0 N–H and O–H groups in total. The molecule has 1 heterocycles. The Bertz CT molecular complexity index is 574. The third kappa shape index (κ3) is 1.99. The number of nitro benzene ring substituents is 1. The van der Waals surface area contributed by atoms with Crippen molar-refractivity contribution in [1.29, 1.82) is 0 Å². The average Bonchev–Trinajstić information content (AvgIpc) is 2.60. The quantitative estimate of drug-likeness (QED) is 0.639. The van der Waals surface area contributed by atoms with Gasteiger partial charge in [-0.2, -0.15) is 0 Å². The minimum atomic E-state index is -0.389. The van der Waals surface area contributed by atoms with Crippen LogP contribution in [0, 0.1) is 10.1 Å². The van der Waals surface area contributed by atoms with Crippen molar-refractivity contribution >= 4 is 32.5 Å². The molecule has 1 aromatic carbocycles. The Kier molecular flexibility index (Phi) is 2.78. The topological polar surface area (TPSA) is 48.1 Å². The van der Waals surface area contributed by atoms with Gasteiger partial charge >= 0.3 is 0 Å². The average molecular weight is 281 g/mol. The number of allylic oxidation sites excluding steroid dienone is 1. The maximum atomic E-state index is 10.6. The fourth-order valence-electron chi connectivity index (χ4n) is 1.62. The number of halogens is 1. The monoisotopic (exact) mass is 280 g/mol. The van der Waals surface area contributed by atoms with Crippen molar-refractivity contribution in [2.45, 2.75) is 6.54 Å². The van der Waals surface area contributed by atoms with E-state index in [4.69, 9.17) is 0 Å². The summed E-state index contributed by atoms with van der Waals surface area (Å²) in [5.41, 5.74) is 1.08. The van der Waals surface area contributed by atoms with Crippen molar-refractivity contribution in [2.24, 2.45) is 0 Å². The summed E-state index contributed by atoms with van der Waals surface area (Å²) >= 11 is 3.30. The van der Waals surface area contributed by atoms with Crippen molar-refractivity contribution in [3.8, 4) is 0 Å². The first kappa shape index (κ1) is 10.9. The Labute approximate surface area is 100 Å². The summed E-state index contributed by atoms with van der Waals surface area (Å²) in [6.07, 6.45) is 1.89. The Hall–Kier alpha value is -1.62. The molecule has 5 heteroatoms. The first-order valence-electron chi connectivity index (χ1n) is 4.64. The first-order chi connectivity index (χ1) is 7.58. The maximum absolute atomic E-state index is 10.6. The van der Waals surface area contributed by atoms with Gasteiger partial charge in [-0.15, -0.1) is 0 Å². The molecular weight excluding hydrogens is 272 g/mol. The van der Waals surface area contributed by atoms with Crippen LogP contribution in [0.4, 0.5) is 5.69 Å². The van der Waals surface area contributed by atoms with Gasteiger partial charge in [0.25, 0.3) is 5.69 Å². The van der Waals surface area contributed by atoms with Gasteiger partial charge in [0.2, 0.25) is 0 Å². The lowest BCUT2D eigenvalue weighted by Crippen LogP contribution is -1.94. The second-order valence-corrected chi connectivity index (χ2v) is 4.58. The van der Waals surface area contributed by atoms with Gasteiger partial charge in [-0.3, -0.25) is 10.1 Å². The molecule has 0 saturated carbocycles. The lowest BCUT2D eigenvalue weighted by Gasteiger charge is -2.03. The molecule has 16 heavy (non-hydrogen) atoms. The zero-order valence-electron chi connectivity index (χ0n) is 8.39. The fraction of sp³-hybridized carbons (Fsp3) is 0.0909. The van der Waals surface area contributed by atoms with E-state index in [-0.39, 0.29) is 10.6 Å². The molecule has 0 spiro atoms. The van der Waals surface area contributed by atoms with Gasteiger partial charge < -0.3 is 4.57 Å². The molecule has 2 rings (SSSR count). The van der Waals surface area contributed by atoms with E-state index >= 15 is 0 Å². The lowest BCUT2D eigenvalue weighted by molar-refractivity contribution is -0.384. The van der Waals surface area contributed by atoms with Crippen molar-refractivity contribution in [3.05, 3.63) is 51.6 Å². The Balaban J connectivity index is 2.50. The van der Waals surface area contributed by atoms with Crippen LogP contribution in [0.5, 0.6) is 0 Å². The highest BCUT2D eigenvalue weighted by Crippen LogP contribution is 2.22. The van der Waals surface area contributed by atoms with Gasteiger partial charge in [0.1, 0.15) is 0 Å². The van der Waals surface area contributed by atoms with E-state index in [0.717, 1.165) is 15.4 Å². The van der Waals surface area contributed by atoms with Gasteiger partial charge in [-0.25, -0.2) is 0 Å². The summed E-state index contributed by atoms with van der Waals surface area (Å²) in [5, 5.41) is 11.5. The van der Waals surface area contributed by atoms with Crippen LogP contribution in [0.15, 0.2) is 41.5 Å². The van der Waals surface area contributed by atoms with Crippen LogP contribution >= 0.6 is 15.9 Å². The van der Waals surface area contributed by atoms with Crippen LogP contribution in [0.1, 0.15) is 0 Å². The molecule has 0 fully saturated rings. The smallest absolute Gasteiger partial charge is 0.270 e. The molecule has 2 aromatic rings. The molecule has 0 unspecified atom stereocenters. The molecule has 0 aliphatic heterocycles. The number of nitrogens with zero attached hydrogens (tertiary/aromatic N) is 2. The summed E-state index contributed by atoms with van der Waals surface area (Å²) in [7, 11) is 0. The fourth-order valence-corrected chi connectivity index (χ4v) is 1.89. The second-order valence-electron chi connectivity index (χ2n) is 3.46. The van der Waals surface area contributed by atoms with E-state index in [9.17, 15) is 10.1 Å². The van der Waals surface area contributed by atoms with Gasteiger partial charge in [0.15, 0.2) is 0 Å². The molecule has 0 atom stereocenters. The van der Waals surface area contributed by atoms with E-state index in [1.54, 1.807) is 12.1 Å². The van der Waals surface area contributed by atoms with Crippen molar-refractivity contribution in [3.63, 3.8) is 0 Å². The highest BCUT2D eigenvalue weighted by molar-refractivity contribution is 9.11.